The lowest BCUT2D eigenvalue weighted by Crippen LogP contribution is -2.13. The molecular weight excluding hydrogens is 597 g/mol. The van der Waals surface area contributed by atoms with Gasteiger partial charge in [0.1, 0.15) is 23.1 Å². The minimum Gasteiger partial charge on any atom is -0.495 e. The fourth-order valence-electron chi connectivity index (χ4n) is 4.27. The molecule has 42 heavy (non-hydrogen) atoms. The van der Waals surface area contributed by atoms with Crippen LogP contribution in [0, 0.1) is 6.92 Å². The van der Waals surface area contributed by atoms with Crippen molar-refractivity contribution in [1.82, 2.24) is 9.97 Å². The highest BCUT2D eigenvalue weighted by Gasteiger charge is 2.21. The van der Waals surface area contributed by atoms with Crippen molar-refractivity contribution in [2.45, 2.75) is 13.8 Å². The lowest BCUT2D eigenvalue weighted by Gasteiger charge is -2.18. The molecule has 1 unspecified atom stereocenters. The van der Waals surface area contributed by atoms with Crippen LogP contribution >= 0.6 is 23.2 Å². The third-order valence-corrected chi connectivity index (χ3v) is 8.51. The van der Waals surface area contributed by atoms with Crippen molar-refractivity contribution < 1.29 is 18.5 Å². The van der Waals surface area contributed by atoms with Gasteiger partial charge in [-0.05, 0) is 36.8 Å². The van der Waals surface area contributed by atoms with Gasteiger partial charge in [-0.15, -0.1) is 0 Å². The van der Waals surface area contributed by atoms with Crippen molar-refractivity contribution in [3.05, 3.63) is 70.9 Å². The number of hydrogen-bond acceptors (Lipinski definition) is 8. The van der Waals surface area contributed by atoms with Gasteiger partial charge in [-0.1, -0.05) is 48.8 Å². The van der Waals surface area contributed by atoms with E-state index in [4.69, 9.17) is 37.7 Å². The van der Waals surface area contributed by atoms with E-state index in [1.807, 2.05) is 38.1 Å². The number of aromatic nitrogens is 2. The number of anilines is 4. The van der Waals surface area contributed by atoms with E-state index < -0.39 is 10.8 Å². The standard InChI is InChI=1S/C30H31Cl2N5O4S/c1-6-25(38)35-20-10-8-9-17(3)29(20)37-24-14-19-18(16-34-24)13-21(36-30(19)33-11-12-42(39)7-2)26-27(31)22(40-4)15-23(41-5)28(26)32/h6,8-10,13-16H,1,7,11-12H2,2-5H3,(H,33,36)(H,34,37)(H,35,38). The van der Waals surface area contributed by atoms with Crippen molar-refractivity contribution in [2.24, 2.45) is 0 Å². The third kappa shape index (κ3) is 6.78. The van der Waals surface area contributed by atoms with Gasteiger partial charge in [-0.2, -0.15) is 0 Å². The van der Waals surface area contributed by atoms with Crippen LogP contribution in [-0.4, -0.2) is 52.4 Å². The van der Waals surface area contributed by atoms with Gasteiger partial charge in [0.15, 0.2) is 0 Å². The van der Waals surface area contributed by atoms with Crippen molar-refractivity contribution >= 4 is 73.7 Å². The Labute approximate surface area is 257 Å². The summed E-state index contributed by atoms with van der Waals surface area (Å²) in [4.78, 5) is 21.5. The normalized spacial score (nSPS) is 11.6. The topological polar surface area (TPSA) is 114 Å². The molecule has 0 saturated heterocycles. The number of ether oxygens (including phenoxy) is 2. The van der Waals surface area contributed by atoms with Crippen molar-refractivity contribution in [1.29, 1.82) is 0 Å². The second kappa shape index (κ2) is 13.9. The van der Waals surface area contributed by atoms with Gasteiger partial charge in [0, 0.05) is 57.4 Å². The molecular formula is C30H31Cl2N5O4S. The number of carbonyl (C=O) groups is 1. The summed E-state index contributed by atoms with van der Waals surface area (Å²) in [5.74, 6) is 2.51. The molecule has 1 atom stereocenters. The molecule has 0 spiro atoms. The first-order valence-electron chi connectivity index (χ1n) is 13.0. The lowest BCUT2D eigenvalue weighted by molar-refractivity contribution is -0.111. The first kappa shape index (κ1) is 31.1. The molecule has 4 aromatic rings. The number of para-hydroxylation sites is 1. The highest BCUT2D eigenvalue weighted by Crippen LogP contribution is 2.46. The fourth-order valence-corrected chi connectivity index (χ4v) is 5.58. The Hall–Kier alpha value is -3.86. The van der Waals surface area contributed by atoms with E-state index in [1.54, 1.807) is 18.3 Å². The zero-order valence-corrected chi connectivity index (χ0v) is 26.0. The zero-order chi connectivity index (χ0) is 30.4. The number of hydrogen-bond donors (Lipinski definition) is 3. The Morgan fingerprint density at radius 3 is 2.48 bits per heavy atom. The number of nitrogens with one attached hydrogen (secondary N) is 3. The molecule has 0 aliphatic heterocycles. The maximum absolute atomic E-state index is 12.1. The summed E-state index contributed by atoms with van der Waals surface area (Å²) in [5.41, 5.74) is 3.11. The molecule has 2 heterocycles. The average molecular weight is 629 g/mol. The molecule has 220 valence electrons. The molecule has 3 N–H and O–H groups in total. The van der Waals surface area contributed by atoms with Gasteiger partial charge in [-0.25, -0.2) is 9.97 Å². The van der Waals surface area contributed by atoms with Crippen LogP contribution in [0.4, 0.5) is 23.0 Å². The second-order valence-corrected chi connectivity index (χ2v) is 11.7. The number of nitrogens with zero attached hydrogens (tertiary/aromatic N) is 2. The highest BCUT2D eigenvalue weighted by atomic mass is 35.5. The summed E-state index contributed by atoms with van der Waals surface area (Å²) in [7, 11) is 2.05. The summed E-state index contributed by atoms with van der Waals surface area (Å²) < 4.78 is 23.0. The molecule has 0 aliphatic rings. The average Bonchev–Trinajstić information content (AvgIpc) is 2.99. The molecule has 0 aliphatic carbocycles. The molecule has 0 radical (unpaired) electrons. The predicted octanol–water partition coefficient (Wildman–Crippen LogP) is 6.98. The highest BCUT2D eigenvalue weighted by molar-refractivity contribution is 7.84. The number of rotatable bonds is 12. The van der Waals surface area contributed by atoms with E-state index in [1.165, 1.54) is 20.3 Å². The van der Waals surface area contributed by atoms with Gasteiger partial charge in [-0.3, -0.25) is 9.00 Å². The Kier molecular flexibility index (Phi) is 10.3. The number of pyridine rings is 2. The monoisotopic (exact) mass is 627 g/mol. The molecule has 4 rings (SSSR count). The molecule has 2 aromatic heterocycles. The van der Waals surface area contributed by atoms with Gasteiger partial charge in [0.25, 0.3) is 0 Å². The molecule has 0 fully saturated rings. The van der Waals surface area contributed by atoms with Crippen LogP contribution < -0.4 is 25.4 Å². The summed E-state index contributed by atoms with van der Waals surface area (Å²) >= 11 is 13.4. The number of amides is 1. The molecule has 12 heteroatoms. The predicted molar refractivity (Wildman–Crippen MR) is 173 cm³/mol. The lowest BCUT2D eigenvalue weighted by atomic mass is 10.1. The number of methoxy groups -OCH3 is 2. The van der Waals surface area contributed by atoms with E-state index in [2.05, 4.69) is 27.5 Å². The van der Waals surface area contributed by atoms with E-state index in [0.717, 1.165) is 16.3 Å². The minimum absolute atomic E-state index is 0.285. The van der Waals surface area contributed by atoms with E-state index in [-0.39, 0.29) is 16.0 Å². The van der Waals surface area contributed by atoms with E-state index in [0.29, 0.717) is 63.8 Å². The number of fused-ring (bicyclic) bond motifs is 1. The smallest absolute Gasteiger partial charge is 0.247 e. The Morgan fingerprint density at radius 1 is 1.12 bits per heavy atom. The maximum atomic E-state index is 12.1. The number of aryl methyl sites for hydroxylation is 1. The van der Waals surface area contributed by atoms with E-state index >= 15 is 0 Å². The number of benzene rings is 2. The quantitative estimate of drug-likeness (QED) is 0.144. The summed E-state index contributed by atoms with van der Waals surface area (Å²) in [6, 6.07) is 10.9. The largest absolute Gasteiger partial charge is 0.495 e. The summed E-state index contributed by atoms with van der Waals surface area (Å²) in [5, 5.41) is 11.6. The number of carbonyl (C=O) groups excluding carboxylic acids is 1. The fraction of sp³-hybridized carbons (Fsp3) is 0.233. The van der Waals surface area contributed by atoms with E-state index in [9.17, 15) is 9.00 Å². The Balaban J connectivity index is 1.84. The van der Waals surface area contributed by atoms with Crippen LogP contribution in [0.3, 0.4) is 0 Å². The first-order valence-corrected chi connectivity index (χ1v) is 15.2. The molecule has 0 bridgehead atoms. The van der Waals surface area contributed by atoms with Gasteiger partial charge >= 0.3 is 0 Å². The molecule has 1 amide bonds. The van der Waals surface area contributed by atoms with Crippen molar-refractivity contribution in [2.75, 3.05) is 48.2 Å². The van der Waals surface area contributed by atoms with Crippen LogP contribution in [0.1, 0.15) is 12.5 Å². The second-order valence-electron chi connectivity index (χ2n) is 9.11. The van der Waals surface area contributed by atoms with Crippen LogP contribution in [-0.2, 0) is 15.6 Å². The van der Waals surface area contributed by atoms with Crippen molar-refractivity contribution in [3.63, 3.8) is 0 Å². The molecule has 9 nitrogen and oxygen atoms in total. The summed E-state index contributed by atoms with van der Waals surface area (Å²) in [6.45, 7) is 7.76. The first-order chi connectivity index (χ1) is 20.2. The molecule has 2 aromatic carbocycles. The zero-order valence-electron chi connectivity index (χ0n) is 23.6. The maximum Gasteiger partial charge on any atom is 0.247 e. The number of halogens is 2. The minimum atomic E-state index is -0.966. The van der Waals surface area contributed by atoms with Crippen LogP contribution in [0.15, 0.2) is 55.3 Å². The SMILES string of the molecule is C=CC(=O)Nc1cccc(C)c1Nc1cc2c(NCCS(=O)CC)nc(-c3c(Cl)c(OC)cc(OC)c3Cl)cc2cn1. The Morgan fingerprint density at radius 2 is 1.83 bits per heavy atom. The third-order valence-electron chi connectivity index (χ3n) is 6.46. The van der Waals surface area contributed by atoms with Gasteiger partial charge < -0.3 is 25.4 Å². The van der Waals surface area contributed by atoms with Crippen LogP contribution in [0.25, 0.3) is 22.0 Å². The van der Waals surface area contributed by atoms with Gasteiger partial charge in [0.05, 0.1) is 41.3 Å². The molecule has 0 saturated carbocycles. The summed E-state index contributed by atoms with van der Waals surface area (Å²) in [6.07, 6.45) is 2.92. The van der Waals surface area contributed by atoms with Gasteiger partial charge in [0.2, 0.25) is 5.91 Å². The van der Waals surface area contributed by atoms with Crippen molar-refractivity contribution in [3.8, 4) is 22.8 Å². The Bertz CT molecular complexity index is 1650. The van der Waals surface area contributed by atoms with Crippen LogP contribution in [0.2, 0.25) is 10.0 Å². The van der Waals surface area contributed by atoms with Crippen LogP contribution in [0.5, 0.6) is 11.5 Å².